The van der Waals surface area contributed by atoms with Crippen molar-refractivity contribution in [1.82, 2.24) is 0 Å². The molecule has 1 aliphatic heterocycles. The van der Waals surface area contributed by atoms with E-state index in [1.165, 1.54) is 0 Å². The first-order chi connectivity index (χ1) is 14.1. The Hall–Kier alpha value is -3.01. The summed E-state index contributed by atoms with van der Waals surface area (Å²) in [6, 6.07) is 22.4. The SMILES string of the molecule is COc1ccccc1N1C(=O)/C(=C/c2ccc(Cl)cc2Cl)C=C1c1ccccc1. The van der Waals surface area contributed by atoms with E-state index in [0.717, 1.165) is 16.8 Å². The van der Waals surface area contributed by atoms with Crippen LogP contribution in [-0.4, -0.2) is 13.0 Å². The van der Waals surface area contributed by atoms with Crippen LogP contribution in [-0.2, 0) is 4.79 Å². The third-order valence-corrected chi connectivity index (χ3v) is 5.21. The summed E-state index contributed by atoms with van der Waals surface area (Å²) < 4.78 is 5.50. The Morgan fingerprint density at radius 2 is 1.66 bits per heavy atom. The fourth-order valence-corrected chi connectivity index (χ4v) is 3.74. The molecule has 144 valence electrons. The van der Waals surface area contributed by atoms with Crippen LogP contribution < -0.4 is 9.64 Å². The van der Waals surface area contributed by atoms with E-state index in [2.05, 4.69) is 0 Å². The molecule has 0 aliphatic carbocycles. The quantitative estimate of drug-likeness (QED) is 0.451. The van der Waals surface area contributed by atoms with Crippen molar-refractivity contribution in [2.24, 2.45) is 0 Å². The maximum Gasteiger partial charge on any atom is 0.263 e. The Kier molecular flexibility index (Phi) is 5.43. The van der Waals surface area contributed by atoms with Crippen molar-refractivity contribution >= 4 is 46.6 Å². The standard InChI is InChI=1S/C24H17Cl2NO2/c1-29-23-10-6-5-9-21(23)27-22(16-7-3-2-4-8-16)14-18(24(27)28)13-17-11-12-19(25)15-20(17)26/h2-15H,1H3/b18-13+. The molecule has 0 bridgehead atoms. The monoisotopic (exact) mass is 421 g/mol. The van der Waals surface area contributed by atoms with Crippen molar-refractivity contribution in [2.75, 3.05) is 12.0 Å². The first-order valence-electron chi connectivity index (χ1n) is 9.00. The van der Waals surface area contributed by atoms with Crippen LogP contribution in [0.25, 0.3) is 11.8 Å². The highest BCUT2D eigenvalue weighted by molar-refractivity contribution is 6.35. The molecule has 29 heavy (non-hydrogen) atoms. The molecule has 4 rings (SSSR count). The molecule has 3 aromatic carbocycles. The molecule has 0 unspecified atom stereocenters. The van der Waals surface area contributed by atoms with Crippen LogP contribution in [0.4, 0.5) is 5.69 Å². The molecular formula is C24H17Cl2NO2. The van der Waals surface area contributed by atoms with E-state index in [1.807, 2.05) is 60.7 Å². The van der Waals surface area contributed by atoms with Gasteiger partial charge in [-0.25, -0.2) is 0 Å². The lowest BCUT2D eigenvalue weighted by Gasteiger charge is -2.22. The van der Waals surface area contributed by atoms with Gasteiger partial charge in [0.15, 0.2) is 0 Å². The highest BCUT2D eigenvalue weighted by Gasteiger charge is 2.32. The van der Waals surface area contributed by atoms with Crippen molar-refractivity contribution in [1.29, 1.82) is 0 Å². The number of rotatable bonds is 4. The predicted molar refractivity (Wildman–Crippen MR) is 119 cm³/mol. The van der Waals surface area contributed by atoms with Gasteiger partial charge in [0.25, 0.3) is 5.91 Å². The van der Waals surface area contributed by atoms with Gasteiger partial charge in [-0.15, -0.1) is 0 Å². The van der Waals surface area contributed by atoms with Crippen molar-refractivity contribution < 1.29 is 9.53 Å². The summed E-state index contributed by atoms with van der Waals surface area (Å²) in [5.74, 6) is 0.466. The van der Waals surface area contributed by atoms with E-state index >= 15 is 0 Å². The van der Waals surface area contributed by atoms with Crippen molar-refractivity contribution in [3.8, 4) is 5.75 Å². The Balaban J connectivity index is 1.86. The van der Waals surface area contributed by atoms with Crippen LogP contribution in [0.3, 0.4) is 0 Å². The molecular weight excluding hydrogens is 405 g/mol. The number of amides is 1. The van der Waals surface area contributed by atoms with E-state index in [1.54, 1.807) is 36.3 Å². The lowest BCUT2D eigenvalue weighted by atomic mass is 10.1. The number of hydrogen-bond acceptors (Lipinski definition) is 2. The molecule has 0 radical (unpaired) electrons. The normalized spacial score (nSPS) is 15.0. The zero-order valence-corrected chi connectivity index (χ0v) is 17.1. The fraction of sp³-hybridized carbons (Fsp3) is 0.0417. The molecule has 0 fully saturated rings. The molecule has 1 heterocycles. The second kappa shape index (κ2) is 8.16. The summed E-state index contributed by atoms with van der Waals surface area (Å²) in [7, 11) is 1.59. The molecule has 5 heteroatoms. The van der Waals surface area contributed by atoms with Gasteiger partial charge in [-0.3, -0.25) is 9.69 Å². The number of ether oxygens (including phenoxy) is 1. The van der Waals surface area contributed by atoms with Crippen molar-refractivity contribution in [2.45, 2.75) is 0 Å². The minimum atomic E-state index is -0.153. The van der Waals surface area contributed by atoms with Gasteiger partial charge in [0.05, 0.1) is 18.5 Å². The number of benzene rings is 3. The molecule has 3 nitrogen and oxygen atoms in total. The fourth-order valence-electron chi connectivity index (χ4n) is 3.28. The number of methoxy groups -OCH3 is 1. The average Bonchev–Trinajstić information content (AvgIpc) is 3.06. The van der Waals surface area contributed by atoms with Gasteiger partial charge in [0, 0.05) is 15.6 Å². The Labute approximate surface area is 179 Å². The molecule has 0 saturated carbocycles. The molecule has 0 spiro atoms. The smallest absolute Gasteiger partial charge is 0.263 e. The lowest BCUT2D eigenvalue weighted by Crippen LogP contribution is -2.25. The first kappa shape index (κ1) is 19.3. The molecule has 0 N–H and O–H groups in total. The van der Waals surface area contributed by atoms with Crippen LogP contribution in [0.5, 0.6) is 5.75 Å². The largest absolute Gasteiger partial charge is 0.495 e. The second-order valence-corrected chi connectivity index (χ2v) is 7.32. The summed E-state index contributed by atoms with van der Waals surface area (Å²) in [5, 5.41) is 1.04. The molecule has 0 saturated heterocycles. The van der Waals surface area contributed by atoms with Gasteiger partial charge in [-0.1, -0.05) is 71.7 Å². The summed E-state index contributed by atoms with van der Waals surface area (Å²) in [4.78, 5) is 15.1. The minimum absolute atomic E-state index is 0.153. The maximum atomic E-state index is 13.4. The lowest BCUT2D eigenvalue weighted by molar-refractivity contribution is -0.113. The van der Waals surface area contributed by atoms with E-state index in [9.17, 15) is 4.79 Å². The van der Waals surface area contributed by atoms with Gasteiger partial charge in [-0.05, 0) is 47.5 Å². The number of nitrogens with zero attached hydrogens (tertiary/aromatic N) is 1. The minimum Gasteiger partial charge on any atom is -0.495 e. The number of carbonyl (C=O) groups excluding carboxylic acids is 1. The average molecular weight is 422 g/mol. The number of para-hydroxylation sites is 2. The summed E-state index contributed by atoms with van der Waals surface area (Å²) in [5.41, 5.74) is 3.64. The first-order valence-corrected chi connectivity index (χ1v) is 9.75. The Morgan fingerprint density at radius 1 is 0.931 bits per heavy atom. The number of halogens is 2. The number of anilines is 1. The highest BCUT2D eigenvalue weighted by Crippen LogP contribution is 2.40. The molecule has 1 amide bonds. The van der Waals surface area contributed by atoms with E-state index < -0.39 is 0 Å². The third-order valence-electron chi connectivity index (χ3n) is 4.65. The summed E-state index contributed by atoms with van der Waals surface area (Å²) >= 11 is 12.3. The predicted octanol–water partition coefficient (Wildman–Crippen LogP) is 6.47. The molecule has 0 atom stereocenters. The van der Waals surface area contributed by atoms with Crippen molar-refractivity contribution in [3.63, 3.8) is 0 Å². The van der Waals surface area contributed by atoms with Gasteiger partial charge < -0.3 is 4.74 Å². The second-order valence-electron chi connectivity index (χ2n) is 6.47. The van der Waals surface area contributed by atoms with E-state index in [0.29, 0.717) is 27.1 Å². The van der Waals surface area contributed by atoms with Crippen molar-refractivity contribution in [3.05, 3.63) is 106 Å². The van der Waals surface area contributed by atoms with Crippen LogP contribution in [0, 0.1) is 0 Å². The molecule has 0 aromatic heterocycles. The van der Waals surface area contributed by atoms with Gasteiger partial charge in [0.1, 0.15) is 5.75 Å². The van der Waals surface area contributed by atoms with Crippen LogP contribution in [0.15, 0.2) is 84.4 Å². The van der Waals surface area contributed by atoms with Gasteiger partial charge >= 0.3 is 0 Å². The number of hydrogen-bond donors (Lipinski definition) is 0. The highest BCUT2D eigenvalue weighted by atomic mass is 35.5. The van der Waals surface area contributed by atoms with E-state index in [4.69, 9.17) is 27.9 Å². The van der Waals surface area contributed by atoms with Gasteiger partial charge in [-0.2, -0.15) is 0 Å². The third kappa shape index (κ3) is 3.80. The Morgan fingerprint density at radius 3 is 2.38 bits per heavy atom. The topological polar surface area (TPSA) is 29.5 Å². The summed E-state index contributed by atoms with van der Waals surface area (Å²) in [6.45, 7) is 0. The zero-order valence-electron chi connectivity index (χ0n) is 15.6. The molecule has 1 aliphatic rings. The number of carbonyl (C=O) groups is 1. The van der Waals surface area contributed by atoms with Crippen LogP contribution in [0.2, 0.25) is 10.0 Å². The summed E-state index contributed by atoms with van der Waals surface area (Å²) in [6.07, 6.45) is 3.65. The maximum absolute atomic E-state index is 13.4. The van der Waals surface area contributed by atoms with Crippen LogP contribution in [0.1, 0.15) is 11.1 Å². The molecule has 3 aromatic rings. The zero-order chi connectivity index (χ0) is 20.4. The van der Waals surface area contributed by atoms with Gasteiger partial charge in [0.2, 0.25) is 0 Å². The van der Waals surface area contributed by atoms with E-state index in [-0.39, 0.29) is 5.91 Å². The van der Waals surface area contributed by atoms with Crippen LogP contribution >= 0.6 is 23.2 Å². The Bertz CT molecular complexity index is 1140.